The first kappa shape index (κ1) is 18.0. The van der Waals surface area contributed by atoms with E-state index < -0.39 is 29.4 Å². The van der Waals surface area contributed by atoms with Crippen LogP contribution in [0.25, 0.3) is 0 Å². The summed E-state index contributed by atoms with van der Waals surface area (Å²) in [5.74, 6) is -3.86. The molecule has 1 aromatic rings. The summed E-state index contributed by atoms with van der Waals surface area (Å²) >= 11 is 0. The maximum atomic E-state index is 13.3. The number of benzene rings is 1. The Bertz CT molecular complexity index is 695. The average molecular weight is 344 g/mol. The largest absolute Gasteiger partial charge is 0.545 e. The third-order valence-corrected chi connectivity index (χ3v) is 3.61. The summed E-state index contributed by atoms with van der Waals surface area (Å²) < 4.78 is 57.7. The van der Waals surface area contributed by atoms with Crippen LogP contribution in [0.4, 0.5) is 17.6 Å². The van der Waals surface area contributed by atoms with Crippen molar-refractivity contribution in [2.45, 2.75) is 18.5 Å². The maximum Gasteiger partial charge on any atom is 0.416 e. The van der Waals surface area contributed by atoms with E-state index in [0.29, 0.717) is 6.07 Å². The first-order valence-corrected chi connectivity index (χ1v) is 6.99. The number of rotatable bonds is 5. The minimum Gasteiger partial charge on any atom is -0.545 e. The van der Waals surface area contributed by atoms with Gasteiger partial charge in [-0.25, -0.2) is 4.39 Å². The molecule has 1 unspecified atom stereocenters. The number of methoxy groups -OCH3 is 1. The Hall–Kier alpha value is -2.35. The zero-order chi connectivity index (χ0) is 17.9. The third-order valence-electron chi connectivity index (χ3n) is 3.61. The van der Waals surface area contributed by atoms with E-state index in [-0.39, 0.29) is 29.9 Å². The Morgan fingerprint density at radius 3 is 2.67 bits per heavy atom. The van der Waals surface area contributed by atoms with E-state index in [0.717, 1.165) is 12.1 Å². The number of nitrogens with one attached hydrogen (secondary N) is 1. The van der Waals surface area contributed by atoms with Crippen molar-refractivity contribution in [1.29, 1.82) is 0 Å². The fraction of sp³-hybridized carbons (Fsp3) is 0.312. The molecule has 1 N–H and O–H groups in total. The van der Waals surface area contributed by atoms with Crippen molar-refractivity contribution in [2.24, 2.45) is 0 Å². The second-order valence-electron chi connectivity index (χ2n) is 5.13. The van der Waals surface area contributed by atoms with Gasteiger partial charge in [0.15, 0.2) is 0 Å². The molecule has 0 fully saturated rings. The topological polar surface area (TPSA) is 61.4 Å². The van der Waals surface area contributed by atoms with Crippen LogP contribution in [-0.4, -0.2) is 19.7 Å². The van der Waals surface area contributed by atoms with Gasteiger partial charge in [-0.3, -0.25) is 0 Å². The Labute approximate surface area is 135 Å². The fourth-order valence-corrected chi connectivity index (χ4v) is 2.57. The Morgan fingerprint density at radius 1 is 1.38 bits per heavy atom. The first-order valence-electron chi connectivity index (χ1n) is 6.99. The molecule has 1 heterocycles. The number of aliphatic carboxylic acids is 1. The lowest BCUT2D eigenvalue weighted by Crippen LogP contribution is -2.33. The summed E-state index contributed by atoms with van der Waals surface area (Å²) in [6.07, 6.45) is -2.04. The molecule has 1 aliphatic rings. The van der Waals surface area contributed by atoms with Crippen LogP contribution in [0, 0.1) is 5.82 Å². The van der Waals surface area contributed by atoms with Gasteiger partial charge < -0.3 is 20.0 Å². The number of carbonyl (C=O) groups excluding carboxylic acids is 1. The summed E-state index contributed by atoms with van der Waals surface area (Å²) in [4.78, 5) is 11.5. The van der Waals surface area contributed by atoms with Crippen LogP contribution in [0.15, 0.2) is 41.7 Å². The van der Waals surface area contributed by atoms with E-state index in [4.69, 9.17) is 4.74 Å². The lowest BCUT2D eigenvalue weighted by Gasteiger charge is -2.28. The molecular weight excluding hydrogens is 330 g/mol. The highest BCUT2D eigenvalue weighted by molar-refractivity contribution is 5.89. The summed E-state index contributed by atoms with van der Waals surface area (Å²) in [5.41, 5.74) is -1.70. The number of carboxylic acids is 1. The van der Waals surface area contributed by atoms with E-state index >= 15 is 0 Å². The number of carbonyl (C=O) groups is 1. The highest BCUT2D eigenvalue weighted by Gasteiger charge is 2.37. The molecule has 0 amide bonds. The van der Waals surface area contributed by atoms with Gasteiger partial charge in [0.25, 0.3) is 0 Å². The number of hydrogen-bond acceptors (Lipinski definition) is 4. The molecule has 1 aliphatic heterocycles. The van der Waals surface area contributed by atoms with Crippen molar-refractivity contribution in [3.63, 3.8) is 0 Å². The average Bonchev–Trinajstić information content (AvgIpc) is 2.51. The lowest BCUT2D eigenvalue weighted by molar-refractivity contribution is -0.299. The van der Waals surface area contributed by atoms with Crippen molar-refractivity contribution in [2.75, 3.05) is 13.7 Å². The normalized spacial score (nSPS) is 17.8. The molecule has 0 aliphatic carbocycles. The lowest BCUT2D eigenvalue weighted by atomic mass is 9.84. The molecule has 0 aromatic heterocycles. The van der Waals surface area contributed by atoms with Crippen molar-refractivity contribution in [1.82, 2.24) is 5.32 Å². The van der Waals surface area contributed by atoms with Crippen LogP contribution in [0.3, 0.4) is 0 Å². The Balaban J connectivity index is 2.57. The quantitative estimate of drug-likeness (QED) is 0.831. The summed E-state index contributed by atoms with van der Waals surface area (Å²) in [6, 6.07) is 2.16. The van der Waals surface area contributed by atoms with Crippen LogP contribution < -0.4 is 10.4 Å². The second-order valence-corrected chi connectivity index (χ2v) is 5.13. The van der Waals surface area contributed by atoms with Gasteiger partial charge in [0.1, 0.15) is 5.82 Å². The molecule has 0 spiro atoms. The van der Waals surface area contributed by atoms with Gasteiger partial charge in [-0.1, -0.05) is 12.1 Å². The summed E-state index contributed by atoms with van der Waals surface area (Å²) in [7, 11) is 1.41. The number of alkyl halides is 3. The van der Waals surface area contributed by atoms with Crippen molar-refractivity contribution >= 4 is 5.97 Å². The molecule has 130 valence electrons. The number of allylic oxidation sites excluding steroid dienone is 1. The summed E-state index contributed by atoms with van der Waals surface area (Å²) in [5, 5.41) is 14.2. The number of hydrogen-bond donors (Lipinski definition) is 1. The van der Waals surface area contributed by atoms with E-state index in [2.05, 4.69) is 5.32 Å². The van der Waals surface area contributed by atoms with Crippen molar-refractivity contribution in [3.8, 4) is 0 Å². The number of halogens is 4. The standard InChI is InChI=1S/C16H15F4NO3/c1-24-7-5-13-14(15(22)23)11(4-6-21-13)10-3-2-9(17)8-12(10)16(18,19)20/h2-4,6,8,11,21H,5,7H2,1H3,(H,22,23)/p-1. The molecule has 0 saturated carbocycles. The molecule has 4 nitrogen and oxygen atoms in total. The molecule has 0 radical (unpaired) electrons. The predicted octanol–water partition coefficient (Wildman–Crippen LogP) is 2.09. The molecule has 2 rings (SSSR count). The van der Waals surface area contributed by atoms with Crippen LogP contribution in [0.5, 0.6) is 0 Å². The SMILES string of the molecule is COCCC1=C(C(=O)[O-])C(c2ccc(F)cc2C(F)(F)F)C=CN1. The molecule has 1 atom stereocenters. The van der Waals surface area contributed by atoms with Gasteiger partial charge in [-0.15, -0.1) is 0 Å². The molecule has 24 heavy (non-hydrogen) atoms. The van der Waals surface area contributed by atoms with E-state index in [9.17, 15) is 27.5 Å². The van der Waals surface area contributed by atoms with Crippen molar-refractivity contribution < 1.29 is 32.2 Å². The van der Waals surface area contributed by atoms with Crippen LogP contribution in [-0.2, 0) is 15.7 Å². The summed E-state index contributed by atoms with van der Waals surface area (Å²) in [6.45, 7) is 0.176. The van der Waals surface area contributed by atoms with Gasteiger partial charge in [0, 0.05) is 30.7 Å². The minimum atomic E-state index is -4.82. The number of dihydropyridines is 1. The van der Waals surface area contributed by atoms with Gasteiger partial charge in [-0.05, 0) is 23.9 Å². The predicted molar refractivity (Wildman–Crippen MR) is 74.9 cm³/mol. The monoisotopic (exact) mass is 344 g/mol. The molecule has 0 bridgehead atoms. The molecule has 0 saturated heterocycles. The zero-order valence-electron chi connectivity index (χ0n) is 12.6. The van der Waals surface area contributed by atoms with E-state index in [1.165, 1.54) is 19.4 Å². The van der Waals surface area contributed by atoms with Crippen LogP contribution >= 0.6 is 0 Å². The van der Waals surface area contributed by atoms with Gasteiger partial charge >= 0.3 is 6.18 Å². The smallest absolute Gasteiger partial charge is 0.416 e. The highest BCUT2D eigenvalue weighted by Crippen LogP contribution is 2.40. The van der Waals surface area contributed by atoms with Crippen LogP contribution in [0.2, 0.25) is 0 Å². The Kier molecular flexibility index (Phi) is 5.28. The Morgan fingerprint density at radius 2 is 2.08 bits per heavy atom. The second kappa shape index (κ2) is 7.04. The fourth-order valence-electron chi connectivity index (χ4n) is 2.57. The van der Waals surface area contributed by atoms with E-state index in [1.807, 2.05) is 0 Å². The van der Waals surface area contributed by atoms with E-state index in [1.54, 1.807) is 0 Å². The first-order chi connectivity index (χ1) is 11.3. The highest BCUT2D eigenvalue weighted by atomic mass is 19.4. The maximum absolute atomic E-state index is 13.3. The zero-order valence-corrected chi connectivity index (χ0v) is 12.6. The number of carboxylic acid groups (broad SMARTS) is 1. The molecule has 8 heteroatoms. The van der Waals surface area contributed by atoms with Gasteiger partial charge in [-0.2, -0.15) is 13.2 Å². The van der Waals surface area contributed by atoms with Crippen LogP contribution in [0.1, 0.15) is 23.5 Å². The third kappa shape index (κ3) is 3.76. The van der Waals surface area contributed by atoms with Gasteiger partial charge in [0.05, 0.1) is 18.1 Å². The molecule has 1 aromatic carbocycles. The van der Waals surface area contributed by atoms with Gasteiger partial charge in [0.2, 0.25) is 0 Å². The minimum absolute atomic E-state index is 0.156. The van der Waals surface area contributed by atoms with Crippen molar-refractivity contribution in [3.05, 3.63) is 58.7 Å². The number of ether oxygens (including phenoxy) is 1. The molecular formula is C16H14F4NO3-.